The van der Waals surface area contributed by atoms with Gasteiger partial charge in [-0.3, -0.25) is 14.9 Å². The molecule has 9 heteroatoms. The highest BCUT2D eigenvalue weighted by atomic mass is 16.5. The number of imide groups is 1. The van der Waals surface area contributed by atoms with Crippen molar-refractivity contribution in [3.05, 3.63) is 30.3 Å². The molecule has 1 fully saturated rings. The summed E-state index contributed by atoms with van der Waals surface area (Å²) in [5.74, 6) is -1.29. The van der Waals surface area contributed by atoms with Crippen LogP contribution in [0.3, 0.4) is 0 Å². The Balaban J connectivity index is 1.67. The molecular formula is C20H28N4O5. The van der Waals surface area contributed by atoms with Gasteiger partial charge in [-0.2, -0.15) is 0 Å². The number of likely N-dealkylation sites (tertiary alicyclic amines) is 1. The van der Waals surface area contributed by atoms with Gasteiger partial charge in [0.25, 0.3) is 5.91 Å². The van der Waals surface area contributed by atoms with Crippen LogP contribution in [0.25, 0.3) is 0 Å². The number of hydrogen-bond acceptors (Lipinski definition) is 5. The van der Waals surface area contributed by atoms with Crippen LogP contribution in [0.1, 0.15) is 26.7 Å². The van der Waals surface area contributed by atoms with E-state index in [4.69, 9.17) is 4.74 Å². The maximum atomic E-state index is 12.3. The second kappa shape index (κ2) is 11.0. The quantitative estimate of drug-likeness (QED) is 0.627. The van der Waals surface area contributed by atoms with Crippen molar-refractivity contribution >= 4 is 29.6 Å². The maximum Gasteiger partial charge on any atom is 0.321 e. The fraction of sp³-hybridized carbons (Fsp3) is 0.500. The normalized spacial score (nSPS) is 14.2. The first-order valence-electron chi connectivity index (χ1n) is 9.70. The maximum absolute atomic E-state index is 12.3. The third-order valence-corrected chi connectivity index (χ3v) is 4.41. The van der Waals surface area contributed by atoms with Gasteiger partial charge in [0.05, 0.1) is 5.92 Å². The molecule has 1 aliphatic heterocycles. The zero-order chi connectivity index (χ0) is 21.2. The average molecular weight is 404 g/mol. The largest absolute Gasteiger partial charge is 0.455 e. The van der Waals surface area contributed by atoms with Crippen LogP contribution in [0.2, 0.25) is 0 Å². The Kier molecular flexibility index (Phi) is 8.45. The van der Waals surface area contributed by atoms with Gasteiger partial charge < -0.3 is 20.3 Å². The van der Waals surface area contributed by atoms with Crippen LogP contribution >= 0.6 is 0 Å². The van der Waals surface area contributed by atoms with E-state index in [0.717, 1.165) is 0 Å². The minimum atomic E-state index is -0.681. The third-order valence-electron chi connectivity index (χ3n) is 4.41. The monoisotopic (exact) mass is 404 g/mol. The van der Waals surface area contributed by atoms with E-state index >= 15 is 0 Å². The van der Waals surface area contributed by atoms with Crippen molar-refractivity contribution in [2.75, 3.05) is 31.6 Å². The second-order valence-corrected chi connectivity index (χ2v) is 7.32. The summed E-state index contributed by atoms with van der Waals surface area (Å²) >= 11 is 0. The summed E-state index contributed by atoms with van der Waals surface area (Å²) in [6.07, 6.45) is 0.912. The van der Waals surface area contributed by atoms with Gasteiger partial charge in [-0.25, -0.2) is 9.59 Å². The molecule has 0 aromatic heterocycles. The number of para-hydroxylation sites is 1. The Morgan fingerprint density at radius 2 is 1.76 bits per heavy atom. The zero-order valence-corrected chi connectivity index (χ0v) is 16.8. The van der Waals surface area contributed by atoms with Crippen LogP contribution in [0.5, 0.6) is 0 Å². The summed E-state index contributed by atoms with van der Waals surface area (Å²) < 4.78 is 5.01. The van der Waals surface area contributed by atoms with Gasteiger partial charge in [0.15, 0.2) is 6.61 Å². The molecule has 1 aromatic rings. The van der Waals surface area contributed by atoms with Crippen molar-refractivity contribution in [2.24, 2.45) is 11.8 Å². The number of ether oxygens (including phenoxy) is 1. The van der Waals surface area contributed by atoms with E-state index in [-0.39, 0.29) is 17.9 Å². The van der Waals surface area contributed by atoms with Crippen molar-refractivity contribution in [3.8, 4) is 0 Å². The molecule has 3 N–H and O–H groups in total. The number of anilines is 1. The van der Waals surface area contributed by atoms with E-state index in [1.165, 1.54) is 0 Å². The Labute approximate surface area is 170 Å². The Morgan fingerprint density at radius 3 is 2.38 bits per heavy atom. The van der Waals surface area contributed by atoms with Crippen molar-refractivity contribution < 1.29 is 23.9 Å². The van der Waals surface area contributed by atoms with E-state index in [2.05, 4.69) is 16.0 Å². The van der Waals surface area contributed by atoms with E-state index in [1.54, 1.807) is 17.0 Å². The van der Waals surface area contributed by atoms with Gasteiger partial charge in [0, 0.05) is 25.3 Å². The first kappa shape index (κ1) is 22.2. The number of hydrogen-bond donors (Lipinski definition) is 3. The number of nitrogens with one attached hydrogen (secondary N) is 3. The molecule has 0 aliphatic carbocycles. The van der Waals surface area contributed by atoms with Crippen molar-refractivity contribution in [1.29, 1.82) is 0 Å². The summed E-state index contributed by atoms with van der Waals surface area (Å²) in [5, 5.41) is 7.46. The van der Waals surface area contributed by atoms with Crippen molar-refractivity contribution in [3.63, 3.8) is 0 Å². The van der Waals surface area contributed by atoms with E-state index in [0.29, 0.717) is 38.2 Å². The molecule has 158 valence electrons. The van der Waals surface area contributed by atoms with E-state index < -0.39 is 24.5 Å². The smallest absolute Gasteiger partial charge is 0.321 e. The lowest BCUT2D eigenvalue weighted by Crippen LogP contribution is -2.44. The predicted octanol–water partition coefficient (Wildman–Crippen LogP) is 1.96. The van der Waals surface area contributed by atoms with Crippen LogP contribution in [0, 0.1) is 11.8 Å². The zero-order valence-electron chi connectivity index (χ0n) is 16.8. The van der Waals surface area contributed by atoms with E-state index in [1.807, 2.05) is 32.0 Å². The van der Waals surface area contributed by atoms with Gasteiger partial charge in [-0.05, 0) is 30.9 Å². The first-order chi connectivity index (χ1) is 13.8. The molecule has 29 heavy (non-hydrogen) atoms. The molecule has 2 rings (SSSR count). The van der Waals surface area contributed by atoms with Crippen LogP contribution in [-0.2, 0) is 14.3 Å². The molecule has 5 amide bonds. The minimum Gasteiger partial charge on any atom is -0.455 e. The minimum absolute atomic E-state index is 0.213. The number of benzene rings is 1. The Bertz CT molecular complexity index is 715. The first-order valence-corrected chi connectivity index (χ1v) is 9.70. The molecule has 1 aliphatic rings. The number of esters is 1. The fourth-order valence-electron chi connectivity index (χ4n) is 2.80. The summed E-state index contributed by atoms with van der Waals surface area (Å²) in [6, 6.07) is 8.31. The van der Waals surface area contributed by atoms with Crippen LogP contribution < -0.4 is 16.0 Å². The molecule has 0 saturated carbocycles. The second-order valence-electron chi connectivity index (χ2n) is 7.32. The molecule has 0 unspecified atom stereocenters. The predicted molar refractivity (Wildman–Crippen MR) is 107 cm³/mol. The molecule has 0 atom stereocenters. The van der Waals surface area contributed by atoms with Gasteiger partial charge in [0.2, 0.25) is 0 Å². The number of carbonyl (C=O) groups excluding carboxylic acids is 4. The molecule has 0 bridgehead atoms. The summed E-state index contributed by atoms with van der Waals surface area (Å²) in [4.78, 5) is 49.3. The SMILES string of the molecule is CC(C)CNC(=O)NC(=O)COC(=O)C1CCN(C(=O)Nc2ccccc2)CC1. The molecule has 0 radical (unpaired) electrons. The van der Waals surface area contributed by atoms with Crippen molar-refractivity contribution in [1.82, 2.24) is 15.5 Å². The molecule has 1 saturated heterocycles. The summed E-state index contributed by atoms with van der Waals surface area (Å²) in [5.41, 5.74) is 0.711. The highest BCUT2D eigenvalue weighted by Crippen LogP contribution is 2.19. The number of carbonyl (C=O) groups is 4. The van der Waals surface area contributed by atoms with Crippen LogP contribution in [0.4, 0.5) is 15.3 Å². The lowest BCUT2D eigenvalue weighted by molar-refractivity contribution is -0.153. The van der Waals surface area contributed by atoms with Crippen LogP contribution in [0.15, 0.2) is 30.3 Å². The molecular weight excluding hydrogens is 376 g/mol. The number of piperidine rings is 1. The van der Waals surface area contributed by atoms with Crippen molar-refractivity contribution in [2.45, 2.75) is 26.7 Å². The fourth-order valence-corrected chi connectivity index (χ4v) is 2.80. The number of nitrogens with zero attached hydrogens (tertiary/aromatic N) is 1. The molecule has 1 heterocycles. The number of amides is 5. The Morgan fingerprint density at radius 1 is 1.10 bits per heavy atom. The lowest BCUT2D eigenvalue weighted by Gasteiger charge is -2.30. The van der Waals surface area contributed by atoms with Crippen LogP contribution in [-0.4, -0.2) is 55.1 Å². The van der Waals surface area contributed by atoms with Gasteiger partial charge >= 0.3 is 18.0 Å². The van der Waals surface area contributed by atoms with E-state index in [9.17, 15) is 19.2 Å². The molecule has 9 nitrogen and oxygen atoms in total. The molecule has 0 spiro atoms. The third kappa shape index (κ3) is 7.81. The highest BCUT2D eigenvalue weighted by Gasteiger charge is 2.28. The standard InChI is InChI=1S/C20H28N4O5/c1-14(2)12-21-19(27)23-17(25)13-29-18(26)15-8-10-24(11-9-15)20(28)22-16-6-4-3-5-7-16/h3-7,14-15H,8-13H2,1-2H3,(H,22,28)(H2,21,23,25,27). The number of rotatable bonds is 6. The molecule has 1 aromatic carbocycles. The highest BCUT2D eigenvalue weighted by molar-refractivity contribution is 5.95. The summed E-state index contributed by atoms with van der Waals surface area (Å²) in [6.45, 7) is 4.63. The van der Waals surface area contributed by atoms with Gasteiger partial charge in [-0.15, -0.1) is 0 Å². The van der Waals surface area contributed by atoms with Gasteiger partial charge in [0.1, 0.15) is 0 Å². The topological polar surface area (TPSA) is 117 Å². The van der Waals surface area contributed by atoms with Gasteiger partial charge in [-0.1, -0.05) is 32.0 Å². The summed E-state index contributed by atoms with van der Waals surface area (Å²) in [7, 11) is 0. The number of urea groups is 2. The average Bonchev–Trinajstić information content (AvgIpc) is 2.71. The Hall–Kier alpha value is -3.10. The lowest BCUT2D eigenvalue weighted by atomic mass is 9.97.